The Morgan fingerprint density at radius 3 is 3.14 bits per heavy atom. The van der Waals surface area contributed by atoms with Crippen LogP contribution < -0.4 is 5.32 Å². The number of nitrogens with one attached hydrogen (secondary N) is 1. The minimum absolute atomic E-state index is 0.416. The third kappa shape index (κ3) is 2.75. The van der Waals surface area contributed by atoms with E-state index in [9.17, 15) is 0 Å². The first kappa shape index (κ1) is 14.2. The van der Waals surface area contributed by atoms with E-state index in [0.29, 0.717) is 11.8 Å². The molecule has 2 atom stereocenters. The van der Waals surface area contributed by atoms with Crippen molar-refractivity contribution in [2.45, 2.75) is 38.1 Å². The van der Waals surface area contributed by atoms with Crippen LogP contribution in [0.5, 0.6) is 0 Å². The average molecular weight is 300 g/mol. The van der Waals surface area contributed by atoms with Gasteiger partial charge in [-0.15, -0.1) is 0 Å². The van der Waals surface area contributed by atoms with Crippen LogP contribution in [-0.2, 0) is 11.3 Å². The molecule has 4 rings (SSSR count). The van der Waals surface area contributed by atoms with Gasteiger partial charge in [-0.05, 0) is 56.8 Å². The molecule has 0 saturated carbocycles. The summed E-state index contributed by atoms with van der Waals surface area (Å²) in [5.41, 5.74) is 2.06. The highest BCUT2D eigenvalue weighted by molar-refractivity contribution is 5.71. The van der Waals surface area contributed by atoms with Crippen LogP contribution in [0, 0.1) is 5.92 Å². The van der Waals surface area contributed by atoms with Gasteiger partial charge < -0.3 is 14.6 Å². The first-order valence-electron chi connectivity index (χ1n) is 8.51. The largest absolute Gasteiger partial charge is 0.381 e. The van der Waals surface area contributed by atoms with Crippen molar-refractivity contribution >= 4 is 11.2 Å². The number of aromatic nitrogens is 3. The van der Waals surface area contributed by atoms with Gasteiger partial charge in [-0.3, -0.25) is 0 Å². The fraction of sp³-hybridized carbons (Fsp3) is 0.647. The Kier molecular flexibility index (Phi) is 4.08. The predicted molar refractivity (Wildman–Crippen MR) is 85.9 cm³/mol. The minimum Gasteiger partial charge on any atom is -0.381 e. The second-order valence-electron chi connectivity index (χ2n) is 6.55. The summed E-state index contributed by atoms with van der Waals surface area (Å²) in [6.07, 6.45) is 6.74. The van der Waals surface area contributed by atoms with E-state index in [0.717, 1.165) is 50.4 Å². The Bertz CT molecular complexity index is 627. The summed E-state index contributed by atoms with van der Waals surface area (Å²) >= 11 is 0. The van der Waals surface area contributed by atoms with Gasteiger partial charge in [0, 0.05) is 25.3 Å². The molecule has 0 bridgehead atoms. The molecule has 22 heavy (non-hydrogen) atoms. The monoisotopic (exact) mass is 300 g/mol. The zero-order valence-electron chi connectivity index (χ0n) is 13.0. The van der Waals surface area contributed by atoms with Crippen molar-refractivity contribution in [3.8, 4) is 0 Å². The van der Waals surface area contributed by atoms with E-state index in [4.69, 9.17) is 9.72 Å². The Morgan fingerprint density at radius 2 is 2.32 bits per heavy atom. The van der Waals surface area contributed by atoms with Crippen molar-refractivity contribution in [3.63, 3.8) is 0 Å². The van der Waals surface area contributed by atoms with Crippen molar-refractivity contribution in [1.82, 2.24) is 19.9 Å². The van der Waals surface area contributed by atoms with Crippen molar-refractivity contribution in [2.75, 3.05) is 26.3 Å². The lowest BCUT2D eigenvalue weighted by Gasteiger charge is -2.26. The van der Waals surface area contributed by atoms with Crippen LogP contribution in [0.3, 0.4) is 0 Å². The average Bonchev–Trinajstić information content (AvgIpc) is 2.95. The van der Waals surface area contributed by atoms with Crippen molar-refractivity contribution in [2.24, 2.45) is 5.92 Å². The van der Waals surface area contributed by atoms with Crippen molar-refractivity contribution < 1.29 is 4.74 Å². The maximum Gasteiger partial charge on any atom is 0.160 e. The lowest BCUT2D eigenvalue weighted by molar-refractivity contribution is 0.0768. The summed E-state index contributed by atoms with van der Waals surface area (Å²) in [6.45, 7) is 4.97. The van der Waals surface area contributed by atoms with Crippen LogP contribution in [0.2, 0.25) is 0 Å². The first-order valence-corrected chi connectivity index (χ1v) is 8.51. The standard InChI is InChI=1S/C17H24N4O/c1-4-13(10-18-7-1)11-21-16(14-5-3-9-22-12-14)20-15-6-2-8-19-17(15)21/h2,6,8,13-14,18H,1,3-5,7,9-12H2. The Labute approximate surface area is 131 Å². The van der Waals surface area contributed by atoms with E-state index < -0.39 is 0 Å². The third-order valence-corrected chi connectivity index (χ3v) is 4.90. The summed E-state index contributed by atoms with van der Waals surface area (Å²) in [4.78, 5) is 9.50. The zero-order chi connectivity index (χ0) is 14.8. The fourth-order valence-corrected chi connectivity index (χ4v) is 3.75. The number of pyridine rings is 1. The van der Waals surface area contributed by atoms with Crippen LogP contribution in [0.15, 0.2) is 18.3 Å². The van der Waals surface area contributed by atoms with Gasteiger partial charge in [0.2, 0.25) is 0 Å². The highest BCUT2D eigenvalue weighted by Gasteiger charge is 2.25. The van der Waals surface area contributed by atoms with Crippen LogP contribution in [0.25, 0.3) is 11.2 Å². The number of fused-ring (bicyclic) bond motifs is 1. The molecule has 2 unspecified atom stereocenters. The van der Waals surface area contributed by atoms with Gasteiger partial charge in [0.1, 0.15) is 11.3 Å². The molecule has 0 radical (unpaired) electrons. The number of imidazole rings is 1. The molecule has 1 N–H and O–H groups in total. The van der Waals surface area contributed by atoms with Crippen LogP contribution in [0.1, 0.15) is 37.4 Å². The van der Waals surface area contributed by atoms with Gasteiger partial charge in [-0.1, -0.05) is 0 Å². The Balaban J connectivity index is 1.69. The van der Waals surface area contributed by atoms with Crippen LogP contribution in [-0.4, -0.2) is 40.8 Å². The topological polar surface area (TPSA) is 52.0 Å². The summed E-state index contributed by atoms with van der Waals surface area (Å²) in [7, 11) is 0. The van der Waals surface area contributed by atoms with Crippen molar-refractivity contribution in [1.29, 1.82) is 0 Å². The Hall–Kier alpha value is -1.46. The van der Waals surface area contributed by atoms with Gasteiger partial charge >= 0.3 is 0 Å². The molecule has 2 aliphatic rings. The van der Waals surface area contributed by atoms with Gasteiger partial charge in [0.25, 0.3) is 0 Å². The van der Waals surface area contributed by atoms with E-state index in [-0.39, 0.29) is 0 Å². The molecule has 0 spiro atoms. The molecule has 0 aliphatic carbocycles. The number of ether oxygens (including phenoxy) is 1. The number of nitrogens with zero attached hydrogens (tertiary/aromatic N) is 3. The highest BCUT2D eigenvalue weighted by atomic mass is 16.5. The maximum absolute atomic E-state index is 5.69. The summed E-state index contributed by atoms with van der Waals surface area (Å²) in [5, 5.41) is 3.52. The maximum atomic E-state index is 5.69. The smallest absolute Gasteiger partial charge is 0.160 e. The Morgan fingerprint density at radius 1 is 1.32 bits per heavy atom. The van der Waals surface area contributed by atoms with Crippen LogP contribution >= 0.6 is 0 Å². The van der Waals surface area contributed by atoms with E-state index in [1.807, 2.05) is 12.3 Å². The molecule has 2 aromatic rings. The predicted octanol–water partition coefficient (Wildman–Crippen LogP) is 2.32. The fourth-order valence-electron chi connectivity index (χ4n) is 3.75. The highest BCUT2D eigenvalue weighted by Crippen LogP contribution is 2.29. The lowest BCUT2D eigenvalue weighted by Crippen LogP contribution is -2.33. The normalized spacial score (nSPS) is 26.4. The molecular formula is C17H24N4O. The third-order valence-electron chi connectivity index (χ3n) is 4.90. The number of hydrogen-bond donors (Lipinski definition) is 1. The quantitative estimate of drug-likeness (QED) is 0.945. The molecule has 118 valence electrons. The molecule has 2 aliphatic heterocycles. The lowest BCUT2D eigenvalue weighted by atomic mass is 9.98. The first-order chi connectivity index (χ1) is 10.9. The summed E-state index contributed by atoms with van der Waals surface area (Å²) in [5.74, 6) is 2.27. The molecule has 4 heterocycles. The molecule has 2 saturated heterocycles. The molecule has 0 amide bonds. The van der Waals surface area contributed by atoms with Gasteiger partial charge in [-0.25, -0.2) is 9.97 Å². The second-order valence-corrected chi connectivity index (χ2v) is 6.55. The molecule has 5 nitrogen and oxygen atoms in total. The zero-order valence-corrected chi connectivity index (χ0v) is 13.0. The van der Waals surface area contributed by atoms with Gasteiger partial charge in [0.15, 0.2) is 5.65 Å². The van der Waals surface area contributed by atoms with E-state index >= 15 is 0 Å². The van der Waals surface area contributed by atoms with Gasteiger partial charge in [-0.2, -0.15) is 0 Å². The second kappa shape index (κ2) is 6.34. The molecule has 2 aromatic heterocycles. The minimum atomic E-state index is 0.416. The molecule has 0 aromatic carbocycles. The molecular weight excluding hydrogens is 276 g/mol. The molecule has 2 fully saturated rings. The van der Waals surface area contributed by atoms with Crippen LogP contribution in [0.4, 0.5) is 0 Å². The summed E-state index contributed by atoms with van der Waals surface area (Å²) < 4.78 is 8.06. The SMILES string of the molecule is c1cnc2c(c1)nc(C1CCCOC1)n2CC1CCCNC1. The number of piperidine rings is 1. The summed E-state index contributed by atoms with van der Waals surface area (Å²) in [6, 6.07) is 4.05. The van der Waals surface area contributed by atoms with E-state index in [1.54, 1.807) is 0 Å². The van der Waals surface area contributed by atoms with Crippen molar-refractivity contribution in [3.05, 3.63) is 24.2 Å². The molecule has 5 heteroatoms. The number of rotatable bonds is 3. The van der Waals surface area contributed by atoms with Gasteiger partial charge in [0.05, 0.1) is 6.61 Å². The number of hydrogen-bond acceptors (Lipinski definition) is 4. The van der Waals surface area contributed by atoms with E-state index in [1.165, 1.54) is 25.1 Å². The van der Waals surface area contributed by atoms with E-state index in [2.05, 4.69) is 20.9 Å².